The lowest BCUT2D eigenvalue weighted by molar-refractivity contribution is 0.154. The number of unbranched alkanes of at least 4 members (excludes halogenated alkanes) is 7. The van der Waals surface area contributed by atoms with Crippen LogP contribution >= 0.6 is 0 Å². The van der Waals surface area contributed by atoms with E-state index in [1.165, 1.54) is 51.4 Å². The fraction of sp³-hybridized carbons (Fsp3) is 0.731. The van der Waals surface area contributed by atoms with Gasteiger partial charge in [0.1, 0.15) is 5.75 Å². The lowest BCUT2D eigenvalue weighted by Crippen LogP contribution is -2.44. The van der Waals surface area contributed by atoms with Crippen LogP contribution in [0.1, 0.15) is 98.3 Å². The van der Waals surface area contributed by atoms with Crippen molar-refractivity contribution >= 4 is 11.7 Å². The summed E-state index contributed by atoms with van der Waals surface area (Å²) in [6, 6.07) is 7.83. The monoisotopic (exact) mass is 416 g/mol. The molecule has 4 nitrogen and oxygen atoms in total. The lowest BCUT2D eigenvalue weighted by Gasteiger charge is -2.39. The minimum atomic E-state index is -0.113. The number of carbonyl (C=O) groups is 1. The van der Waals surface area contributed by atoms with Crippen molar-refractivity contribution in [3.63, 3.8) is 0 Å². The van der Waals surface area contributed by atoms with Crippen molar-refractivity contribution in [3.8, 4) is 5.75 Å². The van der Waals surface area contributed by atoms with Gasteiger partial charge in [0.15, 0.2) is 0 Å². The van der Waals surface area contributed by atoms with Crippen LogP contribution < -0.4 is 15.4 Å². The molecule has 1 fully saturated rings. The third-order valence-corrected chi connectivity index (χ3v) is 6.10. The van der Waals surface area contributed by atoms with E-state index in [0.717, 1.165) is 37.3 Å². The SMILES string of the molecule is CCCCCCCCCCOc1ccc(NC(=O)NC2CC(C)CC(C)(C)C2)cc1. The van der Waals surface area contributed by atoms with Gasteiger partial charge >= 0.3 is 6.03 Å². The standard InChI is InChI=1S/C26H44N2O2/c1-5-6-7-8-9-10-11-12-17-30-24-15-13-22(14-16-24)27-25(29)28-23-18-21(2)19-26(3,4)20-23/h13-16,21,23H,5-12,17-20H2,1-4H3,(H2,27,28,29). The van der Waals surface area contributed by atoms with E-state index in [9.17, 15) is 4.79 Å². The number of amides is 2. The Labute approximate surface area is 184 Å². The van der Waals surface area contributed by atoms with Crippen LogP contribution in [0.2, 0.25) is 0 Å². The quantitative estimate of drug-likeness (QED) is 0.346. The molecule has 2 amide bonds. The summed E-state index contributed by atoms with van der Waals surface area (Å²) in [6.45, 7) is 9.88. The second-order valence-electron chi connectivity index (χ2n) is 10.1. The molecule has 0 aromatic heterocycles. The number of nitrogens with one attached hydrogen (secondary N) is 2. The van der Waals surface area contributed by atoms with Crippen LogP contribution in [0.25, 0.3) is 0 Å². The molecule has 2 rings (SSSR count). The van der Waals surface area contributed by atoms with Gasteiger partial charge in [0, 0.05) is 11.7 Å². The van der Waals surface area contributed by atoms with E-state index < -0.39 is 0 Å². The summed E-state index contributed by atoms with van der Waals surface area (Å²) in [5.41, 5.74) is 1.10. The van der Waals surface area contributed by atoms with Gasteiger partial charge in [-0.25, -0.2) is 4.79 Å². The van der Waals surface area contributed by atoms with Gasteiger partial charge in [0.2, 0.25) is 0 Å². The van der Waals surface area contributed by atoms with Gasteiger partial charge in [-0.05, 0) is 61.3 Å². The zero-order chi connectivity index (χ0) is 21.8. The summed E-state index contributed by atoms with van der Waals surface area (Å²) in [7, 11) is 0. The van der Waals surface area contributed by atoms with Crippen molar-refractivity contribution in [2.75, 3.05) is 11.9 Å². The maximum atomic E-state index is 12.4. The molecule has 2 atom stereocenters. The molecule has 0 radical (unpaired) electrons. The molecule has 170 valence electrons. The highest BCUT2D eigenvalue weighted by atomic mass is 16.5. The van der Waals surface area contributed by atoms with Gasteiger partial charge in [-0.15, -0.1) is 0 Å². The topological polar surface area (TPSA) is 50.4 Å². The van der Waals surface area contributed by atoms with Crippen LogP contribution in [-0.2, 0) is 0 Å². The Bertz CT molecular complexity index is 612. The normalized spacial score (nSPS) is 20.5. The van der Waals surface area contributed by atoms with Gasteiger partial charge in [-0.2, -0.15) is 0 Å². The van der Waals surface area contributed by atoms with E-state index >= 15 is 0 Å². The lowest BCUT2D eigenvalue weighted by atomic mass is 9.71. The maximum absolute atomic E-state index is 12.4. The molecule has 1 aliphatic rings. The third kappa shape index (κ3) is 9.86. The number of benzene rings is 1. The van der Waals surface area contributed by atoms with Gasteiger partial charge < -0.3 is 15.4 Å². The van der Waals surface area contributed by atoms with E-state index in [0.29, 0.717) is 11.3 Å². The number of hydrogen-bond donors (Lipinski definition) is 2. The third-order valence-electron chi connectivity index (χ3n) is 6.10. The minimum Gasteiger partial charge on any atom is -0.494 e. The Hall–Kier alpha value is -1.71. The summed E-state index contributed by atoms with van der Waals surface area (Å²) < 4.78 is 5.84. The zero-order valence-corrected chi connectivity index (χ0v) is 19.8. The molecular formula is C26H44N2O2. The average molecular weight is 417 g/mol. The minimum absolute atomic E-state index is 0.113. The Morgan fingerprint density at radius 2 is 1.63 bits per heavy atom. The van der Waals surface area contributed by atoms with Crippen LogP contribution in [-0.4, -0.2) is 18.7 Å². The molecule has 1 aliphatic carbocycles. The van der Waals surface area contributed by atoms with Gasteiger partial charge in [0.25, 0.3) is 0 Å². The molecule has 0 spiro atoms. The molecule has 0 bridgehead atoms. The van der Waals surface area contributed by atoms with E-state index in [1.807, 2.05) is 24.3 Å². The second kappa shape index (κ2) is 12.9. The molecule has 0 heterocycles. The fourth-order valence-corrected chi connectivity index (χ4v) is 4.87. The van der Waals surface area contributed by atoms with Crippen LogP contribution in [0, 0.1) is 11.3 Å². The molecule has 2 N–H and O–H groups in total. The number of hydrogen-bond acceptors (Lipinski definition) is 2. The maximum Gasteiger partial charge on any atom is 0.319 e. The first-order chi connectivity index (χ1) is 14.4. The first kappa shape index (κ1) is 24.6. The summed E-state index contributed by atoms with van der Waals surface area (Å²) in [6.07, 6.45) is 13.7. The number of carbonyl (C=O) groups excluding carboxylic acids is 1. The van der Waals surface area contributed by atoms with Crippen LogP contribution in [0.5, 0.6) is 5.75 Å². The van der Waals surface area contributed by atoms with E-state index in [4.69, 9.17) is 4.74 Å². The summed E-state index contributed by atoms with van der Waals surface area (Å²) in [5.74, 6) is 1.52. The molecule has 2 unspecified atom stereocenters. The summed E-state index contributed by atoms with van der Waals surface area (Å²) in [5, 5.41) is 6.11. The first-order valence-electron chi connectivity index (χ1n) is 12.2. The molecule has 1 saturated carbocycles. The van der Waals surface area contributed by atoms with Crippen molar-refractivity contribution in [1.82, 2.24) is 5.32 Å². The second-order valence-corrected chi connectivity index (χ2v) is 10.1. The van der Waals surface area contributed by atoms with Crippen molar-refractivity contribution in [3.05, 3.63) is 24.3 Å². The first-order valence-corrected chi connectivity index (χ1v) is 12.2. The van der Waals surface area contributed by atoms with Crippen molar-refractivity contribution in [1.29, 1.82) is 0 Å². The highest BCUT2D eigenvalue weighted by Gasteiger charge is 2.32. The van der Waals surface area contributed by atoms with Crippen LogP contribution in [0.4, 0.5) is 10.5 Å². The molecule has 4 heteroatoms. The van der Waals surface area contributed by atoms with Crippen LogP contribution in [0.3, 0.4) is 0 Å². The average Bonchev–Trinajstić information content (AvgIpc) is 2.66. The highest BCUT2D eigenvalue weighted by molar-refractivity contribution is 5.89. The van der Waals surface area contributed by atoms with Crippen molar-refractivity contribution < 1.29 is 9.53 Å². The Kier molecular flexibility index (Phi) is 10.5. The van der Waals surface area contributed by atoms with E-state index in [2.05, 4.69) is 38.3 Å². The van der Waals surface area contributed by atoms with E-state index in [-0.39, 0.29) is 12.1 Å². The van der Waals surface area contributed by atoms with Gasteiger partial charge in [0.05, 0.1) is 6.61 Å². The summed E-state index contributed by atoms with van der Waals surface area (Å²) in [4.78, 5) is 12.4. The number of urea groups is 1. The Morgan fingerprint density at radius 1 is 1.00 bits per heavy atom. The molecule has 30 heavy (non-hydrogen) atoms. The zero-order valence-electron chi connectivity index (χ0n) is 19.8. The van der Waals surface area contributed by atoms with Gasteiger partial charge in [-0.1, -0.05) is 72.6 Å². The number of ether oxygens (including phenoxy) is 1. The Balaban J connectivity index is 1.61. The molecule has 0 saturated heterocycles. The predicted molar refractivity (Wildman–Crippen MR) is 127 cm³/mol. The van der Waals surface area contributed by atoms with Gasteiger partial charge in [-0.3, -0.25) is 0 Å². The summed E-state index contributed by atoms with van der Waals surface area (Å²) >= 11 is 0. The highest BCUT2D eigenvalue weighted by Crippen LogP contribution is 2.38. The fourth-order valence-electron chi connectivity index (χ4n) is 4.87. The smallest absolute Gasteiger partial charge is 0.319 e. The van der Waals surface area contributed by atoms with E-state index in [1.54, 1.807) is 0 Å². The Morgan fingerprint density at radius 3 is 2.27 bits per heavy atom. The largest absolute Gasteiger partial charge is 0.494 e. The number of rotatable bonds is 12. The van der Waals surface area contributed by atoms with Crippen molar-refractivity contribution in [2.24, 2.45) is 11.3 Å². The molecule has 1 aromatic carbocycles. The number of anilines is 1. The molecular weight excluding hydrogens is 372 g/mol. The molecule has 1 aromatic rings. The molecule has 0 aliphatic heterocycles. The van der Waals surface area contributed by atoms with Crippen molar-refractivity contribution in [2.45, 2.75) is 104 Å². The predicted octanol–water partition coefficient (Wildman–Crippen LogP) is 7.54. The van der Waals surface area contributed by atoms with Crippen LogP contribution in [0.15, 0.2) is 24.3 Å².